The molecule has 0 amide bonds. The predicted molar refractivity (Wildman–Crippen MR) is 92.6 cm³/mol. The number of rotatable bonds is 4. The molecule has 0 spiro atoms. The molecule has 1 aliphatic heterocycles. The summed E-state index contributed by atoms with van der Waals surface area (Å²) in [7, 11) is 1.35. The second kappa shape index (κ2) is 7.55. The van der Waals surface area contributed by atoms with Crippen molar-refractivity contribution in [1.29, 1.82) is 0 Å². The highest BCUT2D eigenvalue weighted by Gasteiger charge is 2.23. The fraction of sp³-hybridized carbons (Fsp3) is 0.211. The zero-order valence-electron chi connectivity index (χ0n) is 13.4. The lowest BCUT2D eigenvalue weighted by atomic mass is 9.99. The highest BCUT2D eigenvalue weighted by atomic mass is 16.5. The number of ether oxygens (including phenoxy) is 1. The van der Waals surface area contributed by atoms with Crippen LogP contribution in [0, 0.1) is 0 Å². The molecule has 1 atom stereocenters. The van der Waals surface area contributed by atoms with E-state index < -0.39 is 0 Å². The molecule has 0 radical (unpaired) electrons. The van der Waals surface area contributed by atoms with Gasteiger partial charge in [0.1, 0.15) is 17.9 Å². The second-order valence-electron chi connectivity index (χ2n) is 5.33. The Balaban J connectivity index is 2.01. The van der Waals surface area contributed by atoms with Crippen molar-refractivity contribution in [3.63, 3.8) is 0 Å². The molecule has 1 unspecified atom stereocenters. The van der Waals surface area contributed by atoms with E-state index in [0.717, 1.165) is 17.7 Å². The van der Waals surface area contributed by atoms with Gasteiger partial charge in [-0.15, -0.1) is 0 Å². The summed E-state index contributed by atoms with van der Waals surface area (Å²) >= 11 is 0. The van der Waals surface area contributed by atoms with Gasteiger partial charge in [-0.3, -0.25) is 9.79 Å². The Morgan fingerprint density at radius 3 is 3.08 bits per heavy atom. The molecule has 2 heterocycles. The summed E-state index contributed by atoms with van der Waals surface area (Å²) in [6.45, 7) is 0. The summed E-state index contributed by atoms with van der Waals surface area (Å²) in [5, 5.41) is 0. The third-order valence-corrected chi connectivity index (χ3v) is 3.69. The Kier molecular flexibility index (Phi) is 5.01. The summed E-state index contributed by atoms with van der Waals surface area (Å²) in [6, 6.07) is 0. The van der Waals surface area contributed by atoms with E-state index in [1.165, 1.54) is 7.11 Å². The van der Waals surface area contributed by atoms with Gasteiger partial charge in [0, 0.05) is 12.4 Å². The van der Waals surface area contributed by atoms with E-state index in [2.05, 4.69) is 16.1 Å². The number of hydrogen-bond donors (Lipinski definition) is 0. The van der Waals surface area contributed by atoms with Gasteiger partial charge in [-0.2, -0.15) is 0 Å². The second-order valence-corrected chi connectivity index (χ2v) is 5.33. The minimum Gasteiger partial charge on any atom is -0.469 e. The first-order valence-electron chi connectivity index (χ1n) is 7.73. The van der Waals surface area contributed by atoms with E-state index in [4.69, 9.17) is 9.15 Å². The zero-order valence-corrected chi connectivity index (χ0v) is 13.4. The molecule has 5 nitrogen and oxygen atoms in total. The van der Waals surface area contributed by atoms with Crippen molar-refractivity contribution in [2.75, 3.05) is 7.11 Å². The number of oxazole rings is 1. The van der Waals surface area contributed by atoms with Gasteiger partial charge in [-0.05, 0) is 18.1 Å². The average Bonchev–Trinajstić information content (AvgIpc) is 2.83. The van der Waals surface area contributed by atoms with Crippen LogP contribution in [0.25, 0.3) is 5.57 Å². The molecule has 1 aromatic heterocycles. The van der Waals surface area contributed by atoms with Gasteiger partial charge < -0.3 is 9.15 Å². The van der Waals surface area contributed by atoms with Crippen LogP contribution >= 0.6 is 0 Å². The molecule has 0 fully saturated rings. The number of carbonyl (C=O) groups excluding carboxylic acids is 1. The number of methoxy groups -OCH3 is 1. The largest absolute Gasteiger partial charge is 0.469 e. The third kappa shape index (κ3) is 3.68. The van der Waals surface area contributed by atoms with Crippen LogP contribution < -0.4 is 0 Å². The van der Waals surface area contributed by atoms with Crippen molar-refractivity contribution in [3.05, 3.63) is 72.2 Å². The summed E-state index contributed by atoms with van der Waals surface area (Å²) < 4.78 is 10.6. The Morgan fingerprint density at radius 1 is 1.29 bits per heavy atom. The van der Waals surface area contributed by atoms with Crippen LogP contribution in [0.4, 0.5) is 0 Å². The molecule has 0 N–H and O–H groups in total. The number of aromatic nitrogens is 1. The number of nitrogens with zero attached hydrogens (tertiary/aromatic N) is 2. The van der Waals surface area contributed by atoms with Crippen LogP contribution in [0.1, 0.15) is 29.7 Å². The molecule has 3 rings (SSSR count). The maximum atomic E-state index is 11.6. The van der Waals surface area contributed by atoms with Gasteiger partial charge in [0.15, 0.2) is 0 Å². The number of aliphatic imine (C=N–C) groups is 1. The van der Waals surface area contributed by atoms with Crippen LogP contribution in [-0.4, -0.2) is 24.3 Å². The van der Waals surface area contributed by atoms with Gasteiger partial charge in [0.2, 0.25) is 5.89 Å². The molecule has 1 aliphatic carbocycles. The fourth-order valence-corrected chi connectivity index (χ4v) is 2.51. The topological polar surface area (TPSA) is 64.7 Å². The predicted octanol–water partition coefficient (Wildman–Crippen LogP) is 3.53. The van der Waals surface area contributed by atoms with Crippen molar-refractivity contribution in [2.24, 2.45) is 4.99 Å². The minimum absolute atomic E-state index is 0.0130. The number of allylic oxidation sites excluding steroid dienone is 9. The Bertz CT molecular complexity index is 776. The lowest BCUT2D eigenvalue weighted by Gasteiger charge is -2.07. The van der Waals surface area contributed by atoms with E-state index in [9.17, 15) is 4.79 Å². The lowest BCUT2D eigenvalue weighted by Crippen LogP contribution is -2.04. The molecular weight excluding hydrogens is 304 g/mol. The van der Waals surface area contributed by atoms with Gasteiger partial charge in [0.25, 0.3) is 0 Å². The molecule has 0 saturated carbocycles. The Morgan fingerprint density at radius 2 is 2.21 bits per heavy atom. The van der Waals surface area contributed by atoms with Crippen LogP contribution in [0.5, 0.6) is 0 Å². The van der Waals surface area contributed by atoms with Gasteiger partial charge >= 0.3 is 5.97 Å². The van der Waals surface area contributed by atoms with Crippen LogP contribution in [0.3, 0.4) is 0 Å². The minimum atomic E-state index is -0.376. The Hall–Kier alpha value is -2.95. The number of carbonyl (C=O) groups is 1. The van der Waals surface area contributed by atoms with Crippen LogP contribution in [0.2, 0.25) is 0 Å². The molecule has 0 saturated heterocycles. The van der Waals surface area contributed by atoms with E-state index in [1.54, 1.807) is 12.4 Å². The molecule has 0 bridgehead atoms. The van der Waals surface area contributed by atoms with Crippen LogP contribution in [0.15, 0.2) is 64.2 Å². The summed E-state index contributed by atoms with van der Waals surface area (Å²) in [5.74, 6) is 0.608. The monoisotopic (exact) mass is 322 g/mol. The summed E-state index contributed by atoms with van der Waals surface area (Å²) in [6.07, 6.45) is 20.0. The SMILES string of the molecule is COC(=O)Cc1nc(C2=CC=CC=CC2)c(C2C=CC=NC=C2)o1. The maximum Gasteiger partial charge on any atom is 0.314 e. The van der Waals surface area contributed by atoms with E-state index >= 15 is 0 Å². The first kappa shape index (κ1) is 15.9. The summed E-state index contributed by atoms with van der Waals surface area (Å²) in [4.78, 5) is 20.2. The molecule has 0 aromatic carbocycles. The van der Waals surface area contributed by atoms with E-state index in [-0.39, 0.29) is 18.3 Å². The maximum absolute atomic E-state index is 11.6. The standard InChI is InChI=1S/C19H18N2O3/c1-23-17(22)13-16-21-18(14-7-4-2-3-5-8-14)19(24-16)15-9-6-11-20-12-10-15/h2-7,9-12,15H,8,13H2,1H3. The van der Waals surface area contributed by atoms with Gasteiger partial charge in [-0.25, -0.2) is 4.98 Å². The number of hydrogen-bond acceptors (Lipinski definition) is 5. The molecule has 2 aliphatic rings. The van der Waals surface area contributed by atoms with Crippen molar-refractivity contribution < 1.29 is 13.9 Å². The van der Waals surface area contributed by atoms with E-state index in [1.807, 2.05) is 42.5 Å². The highest BCUT2D eigenvalue weighted by molar-refractivity contribution is 5.74. The normalized spacial score (nSPS) is 19.0. The van der Waals surface area contributed by atoms with Crippen molar-refractivity contribution in [3.8, 4) is 0 Å². The molecule has 122 valence electrons. The summed E-state index contributed by atoms with van der Waals surface area (Å²) in [5.41, 5.74) is 1.81. The fourth-order valence-electron chi connectivity index (χ4n) is 2.51. The average molecular weight is 322 g/mol. The lowest BCUT2D eigenvalue weighted by molar-refractivity contribution is -0.140. The van der Waals surface area contributed by atoms with Crippen molar-refractivity contribution in [2.45, 2.75) is 18.8 Å². The van der Waals surface area contributed by atoms with Crippen molar-refractivity contribution in [1.82, 2.24) is 4.98 Å². The zero-order chi connectivity index (χ0) is 16.8. The molecule has 1 aromatic rings. The van der Waals surface area contributed by atoms with E-state index in [0.29, 0.717) is 11.7 Å². The molecule has 24 heavy (non-hydrogen) atoms. The van der Waals surface area contributed by atoms with Crippen molar-refractivity contribution >= 4 is 17.8 Å². The first-order chi connectivity index (χ1) is 11.8. The van der Waals surface area contributed by atoms with Gasteiger partial charge in [0.05, 0.1) is 13.0 Å². The van der Waals surface area contributed by atoms with Gasteiger partial charge in [-0.1, -0.05) is 42.5 Å². The molecule has 5 heteroatoms. The molecular formula is C19H18N2O3. The highest BCUT2D eigenvalue weighted by Crippen LogP contribution is 2.32. The smallest absolute Gasteiger partial charge is 0.314 e. The first-order valence-corrected chi connectivity index (χ1v) is 7.73. The number of esters is 1. The third-order valence-electron chi connectivity index (χ3n) is 3.69. The van der Waals surface area contributed by atoms with Crippen LogP contribution in [-0.2, 0) is 16.0 Å². The quantitative estimate of drug-likeness (QED) is 0.796. The Labute approximate surface area is 140 Å².